The molecular weight excluding hydrogens is 440 g/mol. The number of rotatable bonds is 5. The summed E-state index contributed by atoms with van der Waals surface area (Å²) in [6, 6.07) is 8.85. The number of nitrogens with one attached hydrogen (secondary N) is 1. The number of hydrogen-bond donors (Lipinski definition) is 1. The molecule has 2 heterocycles. The van der Waals surface area contributed by atoms with E-state index in [0.717, 1.165) is 4.47 Å². The summed E-state index contributed by atoms with van der Waals surface area (Å²) in [6.45, 7) is 2.96. The molecule has 0 bridgehead atoms. The summed E-state index contributed by atoms with van der Waals surface area (Å²) in [7, 11) is 1.31. The molecule has 0 spiro atoms. The van der Waals surface area contributed by atoms with E-state index in [1.54, 1.807) is 30.0 Å². The highest BCUT2D eigenvalue weighted by atomic mass is 79.9. The lowest BCUT2D eigenvalue weighted by atomic mass is 9.95. The Hall–Kier alpha value is -2.61. The van der Waals surface area contributed by atoms with Gasteiger partial charge in [-0.3, -0.25) is 9.59 Å². The van der Waals surface area contributed by atoms with Gasteiger partial charge in [-0.1, -0.05) is 15.9 Å². The molecule has 0 atom stereocenters. The summed E-state index contributed by atoms with van der Waals surface area (Å²) in [5, 5.41) is 2.85. The zero-order chi connectivity index (χ0) is 21.0. The highest BCUT2D eigenvalue weighted by molar-refractivity contribution is 9.10. The summed E-state index contributed by atoms with van der Waals surface area (Å²) in [6.07, 6.45) is 1.22. The van der Waals surface area contributed by atoms with E-state index in [2.05, 4.69) is 21.2 Å². The van der Waals surface area contributed by atoms with Gasteiger partial charge in [0.2, 0.25) is 5.91 Å². The predicted octanol–water partition coefficient (Wildman–Crippen LogP) is 3.31. The van der Waals surface area contributed by atoms with Crippen molar-refractivity contribution in [2.45, 2.75) is 26.3 Å². The topological polar surface area (TPSA) is 88.9 Å². The van der Waals surface area contributed by atoms with Crippen LogP contribution in [0.5, 0.6) is 0 Å². The molecule has 0 aliphatic carbocycles. The van der Waals surface area contributed by atoms with Crippen LogP contribution in [0.3, 0.4) is 0 Å². The maximum atomic E-state index is 12.6. The molecule has 1 aromatic heterocycles. The number of furan rings is 1. The monoisotopic (exact) mass is 462 g/mol. The van der Waals surface area contributed by atoms with Gasteiger partial charge in [-0.05, 0) is 50.1 Å². The molecule has 0 radical (unpaired) electrons. The summed E-state index contributed by atoms with van der Waals surface area (Å²) in [4.78, 5) is 38.5. The molecule has 1 N–H and O–H groups in total. The largest absolute Gasteiger partial charge is 0.465 e. The average molecular weight is 463 g/mol. The molecule has 8 heteroatoms. The highest BCUT2D eigenvalue weighted by Crippen LogP contribution is 2.21. The second-order valence-electron chi connectivity index (χ2n) is 6.97. The lowest BCUT2D eigenvalue weighted by Gasteiger charge is -2.31. The van der Waals surface area contributed by atoms with Gasteiger partial charge in [-0.2, -0.15) is 0 Å². The van der Waals surface area contributed by atoms with Crippen LogP contribution >= 0.6 is 15.9 Å². The Labute approximate surface area is 177 Å². The van der Waals surface area contributed by atoms with E-state index in [4.69, 9.17) is 9.15 Å². The van der Waals surface area contributed by atoms with E-state index in [-0.39, 0.29) is 24.3 Å². The van der Waals surface area contributed by atoms with Gasteiger partial charge < -0.3 is 19.4 Å². The lowest BCUT2D eigenvalue weighted by molar-refractivity contribution is -0.126. The lowest BCUT2D eigenvalue weighted by Crippen LogP contribution is -2.42. The van der Waals surface area contributed by atoms with Crippen molar-refractivity contribution in [3.8, 4) is 0 Å². The standard InChI is InChI=1S/C21H23BrN2O5/c1-13-18(21(27)28-2)11-17(29-13)12-23-19(25)14-7-9-24(10-8-14)20(26)15-3-5-16(22)6-4-15/h3-6,11,14H,7-10,12H2,1-2H3,(H,23,25). The van der Waals surface area contributed by atoms with Crippen LogP contribution in [0.4, 0.5) is 0 Å². The molecule has 1 aliphatic heterocycles. The molecule has 7 nitrogen and oxygen atoms in total. The molecular formula is C21H23BrN2O5. The first kappa shape index (κ1) is 21.1. The van der Waals surface area contributed by atoms with E-state index >= 15 is 0 Å². The molecule has 1 aliphatic rings. The minimum atomic E-state index is -0.466. The fraction of sp³-hybridized carbons (Fsp3) is 0.381. The van der Waals surface area contributed by atoms with Crippen LogP contribution in [-0.4, -0.2) is 42.9 Å². The van der Waals surface area contributed by atoms with Crippen LogP contribution < -0.4 is 5.32 Å². The minimum absolute atomic E-state index is 0.0160. The predicted molar refractivity (Wildman–Crippen MR) is 109 cm³/mol. The molecule has 1 saturated heterocycles. The van der Waals surface area contributed by atoms with Crippen molar-refractivity contribution in [1.82, 2.24) is 10.2 Å². The third-order valence-electron chi connectivity index (χ3n) is 5.06. The van der Waals surface area contributed by atoms with Crippen LogP contribution in [0.1, 0.15) is 45.1 Å². The Bertz CT molecular complexity index is 898. The van der Waals surface area contributed by atoms with Crippen LogP contribution in [0.25, 0.3) is 0 Å². The summed E-state index contributed by atoms with van der Waals surface area (Å²) in [5.41, 5.74) is 1.00. The maximum absolute atomic E-state index is 12.6. The van der Waals surface area contributed by atoms with E-state index in [0.29, 0.717) is 48.6 Å². The Morgan fingerprint density at radius 3 is 2.48 bits per heavy atom. The van der Waals surface area contributed by atoms with Crippen molar-refractivity contribution in [3.05, 3.63) is 57.5 Å². The molecule has 2 aromatic rings. The Morgan fingerprint density at radius 1 is 1.21 bits per heavy atom. The Balaban J connectivity index is 1.49. The van der Waals surface area contributed by atoms with Gasteiger partial charge >= 0.3 is 5.97 Å². The molecule has 3 rings (SSSR count). The molecule has 154 valence electrons. The summed E-state index contributed by atoms with van der Waals surface area (Å²) in [5.74, 6) is 0.249. The second-order valence-corrected chi connectivity index (χ2v) is 7.88. The molecule has 1 fully saturated rings. The summed E-state index contributed by atoms with van der Waals surface area (Å²) < 4.78 is 11.1. The first-order valence-electron chi connectivity index (χ1n) is 9.39. The van der Waals surface area contributed by atoms with Crippen LogP contribution in [0, 0.1) is 12.8 Å². The van der Waals surface area contributed by atoms with Crippen LogP contribution in [0.2, 0.25) is 0 Å². The number of halogens is 1. The SMILES string of the molecule is COC(=O)c1cc(CNC(=O)C2CCN(C(=O)c3ccc(Br)cc3)CC2)oc1C. The van der Waals surface area contributed by atoms with Gasteiger partial charge in [0.1, 0.15) is 17.1 Å². The van der Waals surface area contributed by atoms with Crippen molar-refractivity contribution < 1.29 is 23.5 Å². The average Bonchev–Trinajstić information content (AvgIpc) is 3.12. The number of nitrogens with zero attached hydrogens (tertiary/aromatic N) is 1. The van der Waals surface area contributed by atoms with E-state index < -0.39 is 5.97 Å². The number of likely N-dealkylation sites (tertiary alicyclic amines) is 1. The van der Waals surface area contributed by atoms with Crippen molar-refractivity contribution >= 4 is 33.7 Å². The fourth-order valence-corrected chi connectivity index (χ4v) is 3.65. The third kappa shape index (κ3) is 5.06. The van der Waals surface area contributed by atoms with Crippen LogP contribution in [-0.2, 0) is 16.1 Å². The van der Waals surface area contributed by atoms with E-state index in [1.165, 1.54) is 7.11 Å². The number of carbonyl (C=O) groups excluding carboxylic acids is 3. The first-order valence-corrected chi connectivity index (χ1v) is 10.2. The van der Waals surface area contributed by atoms with Gasteiger partial charge in [0.15, 0.2) is 0 Å². The first-order chi connectivity index (χ1) is 13.9. The smallest absolute Gasteiger partial charge is 0.341 e. The zero-order valence-corrected chi connectivity index (χ0v) is 18.0. The Morgan fingerprint density at radius 2 is 1.86 bits per heavy atom. The number of hydrogen-bond acceptors (Lipinski definition) is 5. The Kier molecular flexibility index (Phi) is 6.74. The number of piperidine rings is 1. The van der Waals surface area contributed by atoms with Crippen molar-refractivity contribution in [1.29, 1.82) is 0 Å². The van der Waals surface area contributed by atoms with Gasteiger partial charge in [0.25, 0.3) is 5.91 Å². The van der Waals surface area contributed by atoms with Crippen LogP contribution in [0.15, 0.2) is 39.2 Å². The zero-order valence-electron chi connectivity index (χ0n) is 16.4. The molecule has 0 unspecified atom stereocenters. The molecule has 0 saturated carbocycles. The maximum Gasteiger partial charge on any atom is 0.341 e. The number of ether oxygens (including phenoxy) is 1. The van der Waals surface area contributed by atoms with E-state index in [1.807, 2.05) is 12.1 Å². The summed E-state index contributed by atoms with van der Waals surface area (Å²) >= 11 is 3.36. The number of aryl methyl sites for hydroxylation is 1. The molecule has 1 aromatic carbocycles. The van der Waals surface area contributed by atoms with Gasteiger partial charge in [0, 0.05) is 29.0 Å². The minimum Gasteiger partial charge on any atom is -0.465 e. The van der Waals surface area contributed by atoms with Gasteiger partial charge in [0.05, 0.1) is 13.7 Å². The van der Waals surface area contributed by atoms with Gasteiger partial charge in [-0.15, -0.1) is 0 Å². The fourth-order valence-electron chi connectivity index (χ4n) is 3.38. The van der Waals surface area contributed by atoms with Crippen molar-refractivity contribution in [2.75, 3.05) is 20.2 Å². The number of methoxy groups -OCH3 is 1. The number of amides is 2. The number of esters is 1. The highest BCUT2D eigenvalue weighted by Gasteiger charge is 2.28. The van der Waals surface area contributed by atoms with E-state index in [9.17, 15) is 14.4 Å². The quantitative estimate of drug-likeness (QED) is 0.688. The molecule has 2 amide bonds. The number of carbonyl (C=O) groups is 3. The second kappa shape index (κ2) is 9.26. The third-order valence-corrected chi connectivity index (χ3v) is 5.58. The molecule has 29 heavy (non-hydrogen) atoms. The van der Waals surface area contributed by atoms with Gasteiger partial charge in [-0.25, -0.2) is 4.79 Å². The van der Waals surface area contributed by atoms with Crippen molar-refractivity contribution in [2.24, 2.45) is 5.92 Å². The normalized spacial score (nSPS) is 14.5. The number of benzene rings is 1. The van der Waals surface area contributed by atoms with Crippen molar-refractivity contribution in [3.63, 3.8) is 0 Å².